The van der Waals surface area contributed by atoms with E-state index in [1.165, 1.54) is 11.3 Å². The lowest BCUT2D eigenvalue weighted by atomic mass is 10.1. The Kier molecular flexibility index (Phi) is 6.84. The lowest BCUT2D eigenvalue weighted by Crippen LogP contribution is -2.34. The molecule has 3 aromatic rings. The van der Waals surface area contributed by atoms with Gasteiger partial charge in [-0.25, -0.2) is 0 Å². The summed E-state index contributed by atoms with van der Waals surface area (Å²) in [5, 5.41) is 0. The number of Topliss-reactive ketones (excluding diaryl/α,β-unsaturated/α-hetero) is 1. The lowest BCUT2D eigenvalue weighted by Gasteiger charge is -2.31. The fourth-order valence-electron chi connectivity index (χ4n) is 4.02. The third kappa shape index (κ3) is 4.93. The Labute approximate surface area is 174 Å². The quantitative estimate of drug-likeness (QED) is 0.490. The zero-order valence-electron chi connectivity index (χ0n) is 16.3. The number of carbonyl (C=O) groups is 1. The second-order valence-electron chi connectivity index (χ2n) is 7.47. The summed E-state index contributed by atoms with van der Waals surface area (Å²) in [5.74, 6) is 0.104. The Morgan fingerprint density at radius 1 is 0.897 bits per heavy atom. The van der Waals surface area contributed by atoms with Crippen LogP contribution in [0.15, 0.2) is 84.9 Å². The van der Waals surface area contributed by atoms with Gasteiger partial charge in [0.1, 0.15) is 0 Å². The molecular formula is C26H30N2O. The van der Waals surface area contributed by atoms with Gasteiger partial charge in [0.25, 0.3) is 0 Å². The maximum atomic E-state index is 11.6. The molecule has 3 aromatic carbocycles. The van der Waals surface area contributed by atoms with Crippen molar-refractivity contribution >= 4 is 17.2 Å². The minimum absolute atomic E-state index is 0. The van der Waals surface area contributed by atoms with Crippen LogP contribution < -0.4 is 4.90 Å². The van der Waals surface area contributed by atoms with E-state index in [-0.39, 0.29) is 13.2 Å². The average molecular weight is 387 g/mol. The molecule has 1 aliphatic rings. The molecule has 0 bridgehead atoms. The zero-order chi connectivity index (χ0) is 19.3. The van der Waals surface area contributed by atoms with Gasteiger partial charge in [-0.15, -0.1) is 0 Å². The first-order chi connectivity index (χ1) is 13.7. The molecule has 0 aromatic heterocycles. The van der Waals surface area contributed by atoms with Gasteiger partial charge in [-0.05, 0) is 55.3 Å². The second-order valence-corrected chi connectivity index (χ2v) is 7.47. The largest absolute Gasteiger partial charge is 0.337 e. The van der Waals surface area contributed by atoms with Crippen LogP contribution >= 0.6 is 0 Å². The van der Waals surface area contributed by atoms with Crippen LogP contribution in [0.4, 0.5) is 11.4 Å². The average Bonchev–Trinajstić information content (AvgIpc) is 3.18. The summed E-state index contributed by atoms with van der Waals surface area (Å²) >= 11 is 0. The summed E-state index contributed by atoms with van der Waals surface area (Å²) in [6.07, 6.45) is 1.12. The number of rotatable bonds is 6. The van der Waals surface area contributed by atoms with Gasteiger partial charge in [-0.3, -0.25) is 9.69 Å². The van der Waals surface area contributed by atoms with Gasteiger partial charge in [0.05, 0.1) is 0 Å². The van der Waals surface area contributed by atoms with E-state index in [9.17, 15) is 4.79 Å². The van der Waals surface area contributed by atoms with Crippen molar-refractivity contribution in [3.63, 3.8) is 0 Å². The number of anilines is 2. The fraction of sp³-hybridized carbons (Fsp3) is 0.269. The predicted octanol–water partition coefficient (Wildman–Crippen LogP) is 5.94. The van der Waals surface area contributed by atoms with Crippen molar-refractivity contribution in [2.24, 2.45) is 0 Å². The van der Waals surface area contributed by atoms with Gasteiger partial charge in [0, 0.05) is 42.6 Å². The molecule has 0 N–H and O–H groups in total. The Balaban J connectivity index is 0.00000240. The Morgan fingerprint density at radius 2 is 1.48 bits per heavy atom. The van der Waals surface area contributed by atoms with Gasteiger partial charge >= 0.3 is 0 Å². The van der Waals surface area contributed by atoms with E-state index in [0.717, 1.165) is 37.3 Å². The van der Waals surface area contributed by atoms with E-state index in [0.29, 0.717) is 6.04 Å². The van der Waals surface area contributed by atoms with Gasteiger partial charge in [-0.1, -0.05) is 56.0 Å². The molecule has 1 saturated heterocycles. The number of carbonyl (C=O) groups excluding carboxylic acids is 1. The number of hydrogen-bond donors (Lipinski definition) is 0. The lowest BCUT2D eigenvalue weighted by molar-refractivity contribution is 0.101. The first-order valence-corrected chi connectivity index (χ1v) is 9.92. The van der Waals surface area contributed by atoms with Crippen LogP contribution in [0.25, 0.3) is 0 Å². The summed E-state index contributed by atoms with van der Waals surface area (Å²) in [7, 11) is 0. The fourth-order valence-corrected chi connectivity index (χ4v) is 4.02. The first-order valence-electron chi connectivity index (χ1n) is 9.92. The molecule has 1 heterocycles. The van der Waals surface area contributed by atoms with E-state index in [2.05, 4.69) is 82.6 Å². The molecule has 0 aliphatic carbocycles. The van der Waals surface area contributed by atoms with E-state index < -0.39 is 0 Å². The smallest absolute Gasteiger partial charge is 0.159 e. The number of para-hydroxylation sites is 1. The summed E-state index contributed by atoms with van der Waals surface area (Å²) in [6.45, 7) is 4.72. The van der Waals surface area contributed by atoms with Crippen LogP contribution in [0.1, 0.15) is 36.7 Å². The first kappa shape index (κ1) is 20.8. The third-order valence-corrected chi connectivity index (χ3v) is 5.45. The molecule has 4 rings (SSSR count). The SMILES string of the molecule is C.CC(=O)c1ccc(N(c2ccccc2)C2CCN(Cc3ccccc3)C2)cc1. The molecule has 0 amide bonds. The van der Waals surface area contributed by atoms with Crippen molar-refractivity contribution in [2.75, 3.05) is 18.0 Å². The topological polar surface area (TPSA) is 23.6 Å². The van der Waals surface area contributed by atoms with Crippen molar-refractivity contribution in [1.82, 2.24) is 4.90 Å². The highest BCUT2D eigenvalue weighted by molar-refractivity contribution is 5.94. The van der Waals surface area contributed by atoms with E-state index in [4.69, 9.17) is 0 Å². The van der Waals surface area contributed by atoms with Crippen LogP contribution in [-0.2, 0) is 6.54 Å². The normalized spacial score (nSPS) is 16.2. The monoisotopic (exact) mass is 386 g/mol. The summed E-state index contributed by atoms with van der Waals surface area (Å²) in [5.41, 5.74) is 4.46. The molecule has 3 nitrogen and oxygen atoms in total. The molecule has 0 spiro atoms. The van der Waals surface area contributed by atoms with Gasteiger partial charge in [0.2, 0.25) is 0 Å². The Bertz CT molecular complexity index is 906. The molecular weight excluding hydrogens is 356 g/mol. The van der Waals surface area contributed by atoms with Gasteiger partial charge in [0.15, 0.2) is 5.78 Å². The third-order valence-electron chi connectivity index (χ3n) is 5.45. The Morgan fingerprint density at radius 3 is 2.10 bits per heavy atom. The molecule has 3 heteroatoms. The number of nitrogens with zero attached hydrogens (tertiary/aromatic N) is 2. The minimum atomic E-state index is 0. The van der Waals surface area contributed by atoms with Crippen molar-refractivity contribution in [3.8, 4) is 0 Å². The van der Waals surface area contributed by atoms with Crippen LogP contribution in [0.5, 0.6) is 0 Å². The van der Waals surface area contributed by atoms with E-state index >= 15 is 0 Å². The highest BCUT2D eigenvalue weighted by Crippen LogP contribution is 2.32. The Hall–Kier alpha value is -2.91. The van der Waals surface area contributed by atoms with Crippen LogP contribution in [0.2, 0.25) is 0 Å². The summed E-state index contributed by atoms with van der Waals surface area (Å²) in [4.78, 5) is 16.6. The molecule has 1 fully saturated rings. The molecule has 1 atom stereocenters. The molecule has 150 valence electrons. The second kappa shape index (κ2) is 9.53. The molecule has 0 saturated carbocycles. The van der Waals surface area contributed by atoms with Crippen molar-refractivity contribution < 1.29 is 4.79 Å². The standard InChI is InChI=1S/C25H26N2O.CH4/c1-20(28)22-12-14-24(15-13-22)27(23-10-6-3-7-11-23)25-16-17-26(19-25)18-21-8-4-2-5-9-21;/h2-15,25H,16-19H2,1H3;1H4. The number of benzene rings is 3. The zero-order valence-corrected chi connectivity index (χ0v) is 16.3. The molecule has 29 heavy (non-hydrogen) atoms. The van der Waals surface area contributed by atoms with Crippen molar-refractivity contribution in [1.29, 1.82) is 0 Å². The minimum Gasteiger partial charge on any atom is -0.337 e. The van der Waals surface area contributed by atoms with Crippen LogP contribution in [0.3, 0.4) is 0 Å². The highest BCUT2D eigenvalue weighted by atomic mass is 16.1. The molecule has 1 unspecified atom stereocenters. The molecule has 1 aliphatic heterocycles. The molecule has 0 radical (unpaired) electrons. The van der Waals surface area contributed by atoms with Crippen molar-refractivity contribution in [2.45, 2.75) is 33.4 Å². The number of ketones is 1. The van der Waals surface area contributed by atoms with Gasteiger partial charge < -0.3 is 4.90 Å². The van der Waals surface area contributed by atoms with Crippen molar-refractivity contribution in [3.05, 3.63) is 96.1 Å². The summed E-state index contributed by atoms with van der Waals surface area (Å²) < 4.78 is 0. The maximum Gasteiger partial charge on any atom is 0.159 e. The van der Waals surface area contributed by atoms with E-state index in [1.54, 1.807) is 6.92 Å². The number of likely N-dealkylation sites (tertiary alicyclic amines) is 1. The summed E-state index contributed by atoms with van der Waals surface area (Å²) in [6, 6.07) is 29.7. The number of hydrogen-bond acceptors (Lipinski definition) is 3. The maximum absolute atomic E-state index is 11.6. The van der Waals surface area contributed by atoms with Crippen LogP contribution in [-0.4, -0.2) is 29.8 Å². The van der Waals surface area contributed by atoms with E-state index in [1.807, 2.05) is 12.1 Å². The highest BCUT2D eigenvalue weighted by Gasteiger charge is 2.29. The van der Waals surface area contributed by atoms with Gasteiger partial charge in [-0.2, -0.15) is 0 Å². The van der Waals surface area contributed by atoms with Crippen LogP contribution in [0, 0.1) is 0 Å². The predicted molar refractivity (Wildman–Crippen MR) is 122 cm³/mol.